The zero-order chi connectivity index (χ0) is 22.9. The van der Waals surface area contributed by atoms with Crippen molar-refractivity contribution in [1.29, 1.82) is 0 Å². The van der Waals surface area contributed by atoms with Gasteiger partial charge in [0.2, 0.25) is 5.89 Å². The molecule has 3 aromatic carbocycles. The van der Waals surface area contributed by atoms with Crippen LogP contribution in [0.3, 0.4) is 0 Å². The third kappa shape index (κ3) is 6.54. The summed E-state index contributed by atoms with van der Waals surface area (Å²) >= 11 is 1.50. The van der Waals surface area contributed by atoms with Crippen molar-refractivity contribution in [3.63, 3.8) is 0 Å². The first-order valence-corrected chi connectivity index (χ1v) is 11.7. The Morgan fingerprint density at radius 2 is 1.67 bits per heavy atom. The summed E-state index contributed by atoms with van der Waals surface area (Å²) in [6, 6.07) is 25.6. The minimum absolute atomic E-state index is 0.125. The first kappa shape index (κ1) is 22.8. The normalized spacial score (nSPS) is 10.8. The number of carbonyl (C=O) groups is 1. The Balaban J connectivity index is 1.35. The van der Waals surface area contributed by atoms with Crippen LogP contribution in [0.2, 0.25) is 0 Å². The van der Waals surface area contributed by atoms with Crippen LogP contribution in [0, 0.1) is 6.92 Å². The highest BCUT2D eigenvalue weighted by atomic mass is 32.2. The zero-order valence-electron chi connectivity index (χ0n) is 18.4. The molecule has 0 aliphatic carbocycles. The number of aromatic nitrogens is 2. The molecule has 0 fully saturated rings. The Morgan fingerprint density at radius 1 is 0.939 bits per heavy atom. The van der Waals surface area contributed by atoms with Gasteiger partial charge in [-0.2, -0.15) is 4.98 Å². The lowest BCUT2D eigenvalue weighted by Crippen LogP contribution is -2.24. The highest BCUT2D eigenvalue weighted by Gasteiger charge is 2.13. The van der Waals surface area contributed by atoms with Gasteiger partial charge in [0.15, 0.2) is 5.82 Å². The highest BCUT2D eigenvalue weighted by Crippen LogP contribution is 2.26. The number of nitrogens with one attached hydrogen (secondary N) is 1. The van der Waals surface area contributed by atoms with Gasteiger partial charge < -0.3 is 14.6 Å². The molecule has 0 bridgehead atoms. The Morgan fingerprint density at radius 3 is 2.45 bits per heavy atom. The lowest BCUT2D eigenvalue weighted by molar-refractivity contribution is 0.0944. The second-order valence-electron chi connectivity index (χ2n) is 7.45. The van der Waals surface area contributed by atoms with Gasteiger partial charge in [-0.3, -0.25) is 4.79 Å². The molecule has 0 radical (unpaired) electrons. The van der Waals surface area contributed by atoms with Crippen molar-refractivity contribution < 1.29 is 14.1 Å². The Labute approximate surface area is 197 Å². The summed E-state index contributed by atoms with van der Waals surface area (Å²) in [6.45, 7) is 3.23. The quantitative estimate of drug-likeness (QED) is 0.324. The molecule has 6 nitrogen and oxygen atoms in total. The van der Waals surface area contributed by atoms with E-state index in [0.29, 0.717) is 42.8 Å². The van der Waals surface area contributed by atoms with Gasteiger partial charge in [-0.15, -0.1) is 11.8 Å². The molecule has 4 rings (SSSR count). The first-order valence-electron chi connectivity index (χ1n) is 10.7. The average Bonchev–Trinajstić information content (AvgIpc) is 3.28. The molecule has 168 valence electrons. The second-order valence-corrected chi connectivity index (χ2v) is 8.47. The molecule has 0 unspecified atom stereocenters. The molecule has 0 saturated carbocycles. The molecule has 0 aliphatic heterocycles. The maximum atomic E-state index is 13.0. The van der Waals surface area contributed by atoms with Crippen molar-refractivity contribution in [1.82, 2.24) is 15.5 Å². The number of benzene rings is 3. The predicted molar refractivity (Wildman–Crippen MR) is 128 cm³/mol. The molecule has 1 aromatic heterocycles. The van der Waals surface area contributed by atoms with Gasteiger partial charge in [0.1, 0.15) is 0 Å². The van der Waals surface area contributed by atoms with Crippen molar-refractivity contribution in [3.05, 3.63) is 113 Å². The van der Waals surface area contributed by atoms with Crippen molar-refractivity contribution >= 4 is 17.7 Å². The summed E-state index contributed by atoms with van der Waals surface area (Å²) in [6.07, 6.45) is 0. The number of aryl methyl sites for hydroxylation is 1. The third-order valence-corrected chi connectivity index (χ3v) is 6.04. The summed E-state index contributed by atoms with van der Waals surface area (Å²) < 4.78 is 11.1. The Bertz CT molecular complexity index is 1190. The standard InChI is InChI=1S/C26H25N3O3S/c1-19-28-25(32-29-19)18-33-24-14-8-7-13-23(24)26(30)27-15-21-11-5-6-12-22(21)17-31-16-20-9-3-2-4-10-20/h2-14H,15-18H2,1H3,(H,27,30). The number of hydrogen-bond donors (Lipinski definition) is 1. The number of amides is 1. The van der Waals surface area contributed by atoms with Crippen LogP contribution in [-0.4, -0.2) is 16.0 Å². The van der Waals surface area contributed by atoms with Gasteiger partial charge in [0, 0.05) is 11.4 Å². The largest absolute Gasteiger partial charge is 0.372 e. The van der Waals surface area contributed by atoms with Crippen molar-refractivity contribution in [2.75, 3.05) is 0 Å². The zero-order valence-corrected chi connectivity index (χ0v) is 19.2. The highest BCUT2D eigenvalue weighted by molar-refractivity contribution is 7.98. The van der Waals surface area contributed by atoms with E-state index in [-0.39, 0.29) is 5.91 Å². The topological polar surface area (TPSA) is 77.2 Å². The van der Waals surface area contributed by atoms with E-state index in [9.17, 15) is 4.79 Å². The molecule has 1 amide bonds. The van der Waals surface area contributed by atoms with E-state index in [2.05, 4.69) is 15.5 Å². The van der Waals surface area contributed by atoms with Gasteiger partial charge in [-0.05, 0) is 35.7 Å². The molecule has 4 aromatic rings. The number of carbonyl (C=O) groups excluding carboxylic acids is 1. The molecule has 0 spiro atoms. The van der Waals surface area contributed by atoms with Crippen molar-refractivity contribution in [2.45, 2.75) is 37.3 Å². The van der Waals surface area contributed by atoms with Gasteiger partial charge in [-0.25, -0.2) is 0 Å². The van der Waals surface area contributed by atoms with E-state index in [0.717, 1.165) is 21.6 Å². The van der Waals surface area contributed by atoms with Crippen LogP contribution in [0.5, 0.6) is 0 Å². The van der Waals surface area contributed by atoms with E-state index in [4.69, 9.17) is 9.26 Å². The van der Waals surface area contributed by atoms with E-state index in [1.165, 1.54) is 11.8 Å². The monoisotopic (exact) mass is 459 g/mol. The Hall–Kier alpha value is -3.42. The van der Waals surface area contributed by atoms with E-state index >= 15 is 0 Å². The number of hydrogen-bond acceptors (Lipinski definition) is 6. The predicted octanol–water partition coefficient (Wildman–Crippen LogP) is 5.32. The molecule has 1 N–H and O–H groups in total. The second kappa shape index (κ2) is 11.4. The summed E-state index contributed by atoms with van der Waals surface area (Å²) in [5, 5.41) is 6.85. The molecule has 0 atom stereocenters. The number of rotatable bonds is 10. The summed E-state index contributed by atoms with van der Waals surface area (Å²) in [4.78, 5) is 18.0. The van der Waals surface area contributed by atoms with Crippen LogP contribution >= 0.6 is 11.8 Å². The third-order valence-electron chi connectivity index (χ3n) is 4.98. The fraction of sp³-hybridized carbons (Fsp3) is 0.192. The maximum absolute atomic E-state index is 13.0. The van der Waals surface area contributed by atoms with Gasteiger partial charge in [0.25, 0.3) is 5.91 Å². The minimum Gasteiger partial charge on any atom is -0.372 e. The number of ether oxygens (including phenoxy) is 1. The van der Waals surface area contributed by atoms with Gasteiger partial charge >= 0.3 is 0 Å². The van der Waals surface area contributed by atoms with E-state index in [1.54, 1.807) is 6.92 Å². The molecule has 7 heteroatoms. The SMILES string of the molecule is Cc1noc(CSc2ccccc2C(=O)NCc2ccccc2COCc2ccccc2)n1. The fourth-order valence-corrected chi connectivity index (χ4v) is 4.20. The van der Waals surface area contributed by atoms with Gasteiger partial charge in [0.05, 0.1) is 24.5 Å². The van der Waals surface area contributed by atoms with Crippen LogP contribution in [0.15, 0.2) is 88.3 Å². The van der Waals surface area contributed by atoms with Crippen LogP contribution < -0.4 is 5.32 Å². The first-order chi connectivity index (χ1) is 16.2. The molecule has 0 aliphatic rings. The number of nitrogens with zero attached hydrogens (tertiary/aromatic N) is 2. The smallest absolute Gasteiger partial charge is 0.252 e. The maximum Gasteiger partial charge on any atom is 0.252 e. The Kier molecular flexibility index (Phi) is 7.90. The van der Waals surface area contributed by atoms with Crippen LogP contribution in [-0.2, 0) is 30.2 Å². The number of thioether (sulfide) groups is 1. The summed E-state index contributed by atoms with van der Waals surface area (Å²) in [5.41, 5.74) is 3.85. The van der Waals surface area contributed by atoms with Crippen molar-refractivity contribution in [2.24, 2.45) is 0 Å². The van der Waals surface area contributed by atoms with Gasteiger partial charge in [-0.1, -0.05) is 71.9 Å². The minimum atomic E-state index is -0.125. The van der Waals surface area contributed by atoms with Crippen LogP contribution in [0.1, 0.15) is 38.8 Å². The summed E-state index contributed by atoms with van der Waals surface area (Å²) in [7, 11) is 0. The van der Waals surface area contributed by atoms with E-state index in [1.807, 2.05) is 78.9 Å². The molecule has 0 saturated heterocycles. The van der Waals surface area contributed by atoms with Crippen LogP contribution in [0.4, 0.5) is 0 Å². The fourth-order valence-electron chi connectivity index (χ4n) is 3.31. The van der Waals surface area contributed by atoms with Crippen molar-refractivity contribution in [3.8, 4) is 0 Å². The summed E-state index contributed by atoms with van der Waals surface area (Å²) in [5.74, 6) is 1.52. The molecule has 1 heterocycles. The average molecular weight is 460 g/mol. The molecular weight excluding hydrogens is 434 g/mol. The lowest BCUT2D eigenvalue weighted by Gasteiger charge is -2.13. The molecule has 33 heavy (non-hydrogen) atoms. The van der Waals surface area contributed by atoms with Crippen LogP contribution in [0.25, 0.3) is 0 Å². The molecular formula is C26H25N3O3S. The lowest BCUT2D eigenvalue weighted by atomic mass is 10.1. The van der Waals surface area contributed by atoms with E-state index < -0.39 is 0 Å².